The van der Waals surface area contributed by atoms with E-state index in [0.717, 1.165) is 70.6 Å². The molecule has 0 heterocycles. The Morgan fingerprint density at radius 2 is 0.883 bits per heavy atom. The molecule has 0 aromatic carbocycles. The minimum Gasteiger partial charge on any atom is -0.544 e. The average molecular weight is 846 g/mol. The van der Waals surface area contributed by atoms with Crippen LogP contribution in [-0.4, -0.2) is 75.5 Å². The number of unbranched alkanes of at least 4 members (excludes halogenated alkanes) is 26. The number of rotatable bonds is 45. The maximum Gasteiger partial charge on any atom is 0.306 e. The van der Waals surface area contributed by atoms with Crippen molar-refractivity contribution in [3.05, 3.63) is 36.5 Å². The van der Waals surface area contributed by atoms with Gasteiger partial charge < -0.3 is 28.6 Å². The highest BCUT2D eigenvalue weighted by Gasteiger charge is 2.25. The van der Waals surface area contributed by atoms with Gasteiger partial charge in [-0.2, -0.15) is 0 Å². The molecule has 0 aromatic rings. The van der Waals surface area contributed by atoms with Gasteiger partial charge in [0.2, 0.25) is 0 Å². The summed E-state index contributed by atoms with van der Waals surface area (Å²) in [5.41, 5.74) is 0. The standard InChI is InChI=1S/C52H95NO7/c1-6-8-10-12-14-16-18-20-22-24-26-28-30-32-34-36-38-40-42-50(54)59-47-48(46-58-45-44-49(52(56)57)53(3,4)5)60-51(55)43-41-39-37-35-33-31-29-27-25-23-21-19-17-15-13-11-9-7-2/h22,24,26-29,48-49H,6-21,23,25,30-47H2,1-5H3/b24-22+,28-26+,29-27+. The van der Waals surface area contributed by atoms with Crippen LogP contribution in [0.15, 0.2) is 36.5 Å². The molecule has 8 heteroatoms. The third kappa shape index (κ3) is 40.9. The highest BCUT2D eigenvalue weighted by atomic mass is 16.6. The van der Waals surface area contributed by atoms with Crippen LogP contribution in [0, 0.1) is 0 Å². The fraction of sp³-hybridized carbons (Fsp3) is 0.827. The molecule has 0 spiro atoms. The van der Waals surface area contributed by atoms with Crippen LogP contribution in [0.25, 0.3) is 0 Å². The maximum absolute atomic E-state index is 12.8. The first-order valence-corrected chi connectivity index (χ1v) is 25.0. The molecule has 0 aliphatic carbocycles. The van der Waals surface area contributed by atoms with Crippen LogP contribution in [0.4, 0.5) is 0 Å². The van der Waals surface area contributed by atoms with Gasteiger partial charge in [0.25, 0.3) is 0 Å². The Morgan fingerprint density at radius 3 is 1.30 bits per heavy atom. The van der Waals surface area contributed by atoms with Gasteiger partial charge in [0.05, 0.1) is 40.3 Å². The minimum atomic E-state index is -1.13. The van der Waals surface area contributed by atoms with Gasteiger partial charge in [-0.1, -0.05) is 179 Å². The van der Waals surface area contributed by atoms with Crippen molar-refractivity contribution in [3.8, 4) is 0 Å². The molecule has 0 radical (unpaired) electrons. The Bertz CT molecular complexity index is 1080. The number of aliphatic carboxylic acids is 1. The van der Waals surface area contributed by atoms with Crippen molar-refractivity contribution in [1.29, 1.82) is 0 Å². The Hall–Kier alpha value is -2.45. The van der Waals surface area contributed by atoms with Gasteiger partial charge in [-0.3, -0.25) is 9.59 Å². The summed E-state index contributed by atoms with van der Waals surface area (Å²) in [6, 6.07) is -0.729. The molecular formula is C52H95NO7. The molecule has 60 heavy (non-hydrogen) atoms. The maximum atomic E-state index is 12.8. The zero-order valence-electron chi connectivity index (χ0n) is 39.9. The Kier molecular flexibility index (Phi) is 41.4. The first kappa shape index (κ1) is 57.5. The molecule has 2 atom stereocenters. The second-order valence-corrected chi connectivity index (χ2v) is 18.1. The molecule has 0 rings (SSSR count). The fourth-order valence-electron chi connectivity index (χ4n) is 7.35. The van der Waals surface area contributed by atoms with Gasteiger partial charge in [0.1, 0.15) is 12.6 Å². The summed E-state index contributed by atoms with van der Waals surface area (Å²) in [5.74, 6) is -1.76. The van der Waals surface area contributed by atoms with Crippen LogP contribution >= 0.6 is 0 Å². The fourth-order valence-corrected chi connectivity index (χ4v) is 7.35. The third-order valence-electron chi connectivity index (χ3n) is 11.3. The lowest BCUT2D eigenvalue weighted by Crippen LogP contribution is -2.55. The molecule has 0 fully saturated rings. The topological polar surface area (TPSA) is 102 Å². The number of carbonyl (C=O) groups is 3. The van der Waals surface area contributed by atoms with Crippen LogP contribution in [0.3, 0.4) is 0 Å². The van der Waals surface area contributed by atoms with E-state index in [1.165, 1.54) is 122 Å². The van der Waals surface area contributed by atoms with Crippen LogP contribution in [0.1, 0.15) is 226 Å². The van der Waals surface area contributed by atoms with E-state index in [9.17, 15) is 19.5 Å². The van der Waals surface area contributed by atoms with Gasteiger partial charge in [-0.25, -0.2) is 0 Å². The monoisotopic (exact) mass is 846 g/mol. The molecule has 0 aromatic heterocycles. The van der Waals surface area contributed by atoms with E-state index < -0.39 is 18.1 Å². The lowest BCUT2D eigenvalue weighted by Gasteiger charge is -2.34. The first-order valence-electron chi connectivity index (χ1n) is 25.0. The number of quaternary nitrogens is 1. The SMILES string of the molecule is CCCCCCCCC/C=C/C=C/CCCCCCCC(=O)OCC(COCCC(C(=O)[O-])[N+](C)(C)C)OC(=O)CCCCCCC/C=C/CCCCCCCCCCC. The molecule has 0 saturated heterocycles. The molecule has 0 saturated carbocycles. The molecule has 0 aliphatic heterocycles. The lowest BCUT2D eigenvalue weighted by atomic mass is 10.1. The summed E-state index contributed by atoms with van der Waals surface area (Å²) < 4.78 is 17.2. The summed E-state index contributed by atoms with van der Waals surface area (Å²) in [7, 11) is 5.41. The second-order valence-electron chi connectivity index (χ2n) is 18.1. The van der Waals surface area contributed by atoms with Crippen LogP contribution in [0.5, 0.6) is 0 Å². The summed E-state index contributed by atoms with van der Waals surface area (Å²) in [6.07, 6.45) is 50.3. The molecule has 2 unspecified atom stereocenters. The largest absolute Gasteiger partial charge is 0.544 e. The number of allylic oxidation sites excluding steroid dienone is 6. The lowest BCUT2D eigenvalue weighted by molar-refractivity contribution is -0.889. The van der Waals surface area contributed by atoms with Crippen LogP contribution < -0.4 is 5.11 Å². The Labute approximate surface area is 370 Å². The highest BCUT2D eigenvalue weighted by molar-refractivity contribution is 5.70. The Morgan fingerprint density at radius 1 is 0.500 bits per heavy atom. The molecule has 0 bridgehead atoms. The van der Waals surface area contributed by atoms with Crippen molar-refractivity contribution in [2.24, 2.45) is 0 Å². The van der Waals surface area contributed by atoms with Crippen LogP contribution in [0.2, 0.25) is 0 Å². The minimum absolute atomic E-state index is 0.0337. The number of ether oxygens (including phenoxy) is 3. The van der Waals surface area contributed by atoms with E-state index >= 15 is 0 Å². The number of carboxylic acids is 1. The number of hydrogen-bond donors (Lipinski definition) is 0. The number of nitrogens with zero attached hydrogens (tertiary/aromatic N) is 1. The zero-order valence-corrected chi connectivity index (χ0v) is 39.9. The molecule has 350 valence electrons. The number of carbonyl (C=O) groups excluding carboxylic acids is 3. The van der Waals surface area contributed by atoms with E-state index in [4.69, 9.17) is 14.2 Å². The van der Waals surface area contributed by atoms with Crippen molar-refractivity contribution in [2.45, 2.75) is 238 Å². The van der Waals surface area contributed by atoms with Gasteiger partial charge in [-0.05, 0) is 64.2 Å². The van der Waals surface area contributed by atoms with E-state index in [0.29, 0.717) is 12.8 Å². The summed E-state index contributed by atoms with van der Waals surface area (Å²) in [6.45, 7) is 4.65. The van der Waals surface area contributed by atoms with Crippen LogP contribution in [-0.2, 0) is 28.6 Å². The smallest absolute Gasteiger partial charge is 0.306 e. The quantitative estimate of drug-likeness (QED) is 0.0198. The molecule has 0 N–H and O–H groups in total. The van der Waals surface area contributed by atoms with E-state index in [1.807, 2.05) is 0 Å². The van der Waals surface area contributed by atoms with E-state index in [2.05, 4.69) is 50.3 Å². The number of likely N-dealkylation sites (N-methyl/N-ethyl adjacent to an activating group) is 1. The van der Waals surface area contributed by atoms with Gasteiger partial charge in [-0.15, -0.1) is 0 Å². The number of esters is 2. The van der Waals surface area contributed by atoms with Crippen molar-refractivity contribution >= 4 is 17.9 Å². The molecular weight excluding hydrogens is 751 g/mol. The summed E-state index contributed by atoms with van der Waals surface area (Å²) in [5, 5.41) is 11.6. The Balaban J connectivity index is 4.31. The van der Waals surface area contributed by atoms with Gasteiger partial charge >= 0.3 is 11.9 Å². The van der Waals surface area contributed by atoms with Crippen molar-refractivity contribution in [3.63, 3.8) is 0 Å². The highest BCUT2D eigenvalue weighted by Crippen LogP contribution is 2.14. The van der Waals surface area contributed by atoms with Crippen molar-refractivity contribution in [2.75, 3.05) is 41.0 Å². The zero-order chi connectivity index (χ0) is 44.2. The number of hydrogen-bond acceptors (Lipinski definition) is 7. The molecule has 0 aliphatic rings. The van der Waals surface area contributed by atoms with Crippen molar-refractivity contribution < 1.29 is 38.2 Å². The number of carboxylic acid groups (broad SMARTS) is 1. The normalized spacial score (nSPS) is 13.2. The average Bonchev–Trinajstić information content (AvgIpc) is 3.21. The van der Waals surface area contributed by atoms with E-state index in [-0.39, 0.29) is 42.7 Å². The van der Waals surface area contributed by atoms with Crippen molar-refractivity contribution in [1.82, 2.24) is 0 Å². The third-order valence-corrected chi connectivity index (χ3v) is 11.3. The molecule has 0 amide bonds. The first-order chi connectivity index (χ1) is 29.1. The van der Waals surface area contributed by atoms with E-state index in [1.54, 1.807) is 21.1 Å². The summed E-state index contributed by atoms with van der Waals surface area (Å²) in [4.78, 5) is 37.0. The predicted octanol–water partition coefficient (Wildman–Crippen LogP) is 12.9. The van der Waals surface area contributed by atoms with Gasteiger partial charge in [0, 0.05) is 19.3 Å². The summed E-state index contributed by atoms with van der Waals surface area (Å²) >= 11 is 0. The molecule has 8 nitrogen and oxygen atoms in total. The second kappa shape index (κ2) is 43.2. The van der Waals surface area contributed by atoms with Gasteiger partial charge in [0.15, 0.2) is 6.10 Å². The predicted molar refractivity (Wildman–Crippen MR) is 250 cm³/mol.